The molecule has 0 aliphatic heterocycles. The molecule has 1 saturated carbocycles. The summed E-state index contributed by atoms with van der Waals surface area (Å²) in [5, 5.41) is 22.4. The minimum Gasteiger partial charge on any atom is -0.495 e. The van der Waals surface area contributed by atoms with E-state index < -0.39 is 0 Å². The number of nitrogens with zero attached hydrogens (tertiary/aromatic N) is 1. The maximum atomic E-state index is 9.97. The van der Waals surface area contributed by atoms with Gasteiger partial charge in [-0.2, -0.15) is 5.26 Å². The van der Waals surface area contributed by atoms with E-state index in [4.69, 9.17) is 10.00 Å². The van der Waals surface area contributed by atoms with Crippen LogP contribution in [0.2, 0.25) is 0 Å². The van der Waals surface area contributed by atoms with E-state index in [1.807, 2.05) is 6.07 Å². The van der Waals surface area contributed by atoms with Crippen molar-refractivity contribution in [3.8, 4) is 11.8 Å². The molecule has 0 aromatic heterocycles. The van der Waals surface area contributed by atoms with Crippen LogP contribution in [0.25, 0.3) is 0 Å². The van der Waals surface area contributed by atoms with Crippen molar-refractivity contribution in [2.24, 2.45) is 0 Å². The average molecular weight is 246 g/mol. The molecule has 2 atom stereocenters. The fourth-order valence-corrected chi connectivity index (χ4v) is 2.41. The van der Waals surface area contributed by atoms with E-state index in [2.05, 4.69) is 11.4 Å². The molecule has 0 unspecified atom stereocenters. The zero-order valence-electron chi connectivity index (χ0n) is 10.5. The topological polar surface area (TPSA) is 65.3 Å². The number of hydrogen-bond acceptors (Lipinski definition) is 4. The number of aliphatic hydroxyl groups excluding tert-OH is 1. The number of nitriles is 1. The number of nitrogens with one attached hydrogen (secondary N) is 1. The second-order valence-corrected chi connectivity index (χ2v) is 4.60. The first-order valence-electron chi connectivity index (χ1n) is 6.28. The number of para-hydroxylation sites is 1. The quantitative estimate of drug-likeness (QED) is 0.858. The van der Waals surface area contributed by atoms with Crippen molar-refractivity contribution in [1.29, 1.82) is 5.26 Å². The third-order valence-corrected chi connectivity index (χ3v) is 3.43. The van der Waals surface area contributed by atoms with Gasteiger partial charge in [0.1, 0.15) is 11.8 Å². The van der Waals surface area contributed by atoms with Gasteiger partial charge in [0.05, 0.1) is 30.5 Å². The molecule has 0 heterocycles. The van der Waals surface area contributed by atoms with Gasteiger partial charge in [0, 0.05) is 0 Å². The molecule has 0 spiro atoms. The number of rotatable bonds is 3. The number of hydrogen-bond donors (Lipinski definition) is 2. The molecule has 4 nitrogen and oxygen atoms in total. The first-order valence-corrected chi connectivity index (χ1v) is 6.28. The molecule has 1 aliphatic carbocycles. The van der Waals surface area contributed by atoms with E-state index in [1.54, 1.807) is 19.2 Å². The van der Waals surface area contributed by atoms with E-state index in [9.17, 15) is 5.11 Å². The van der Waals surface area contributed by atoms with Crippen LogP contribution in [0.5, 0.6) is 5.75 Å². The summed E-state index contributed by atoms with van der Waals surface area (Å²) in [6.07, 6.45) is 3.55. The number of ether oxygens (including phenoxy) is 1. The third kappa shape index (κ3) is 2.57. The summed E-state index contributed by atoms with van der Waals surface area (Å²) < 4.78 is 5.27. The van der Waals surface area contributed by atoms with Gasteiger partial charge in [0.25, 0.3) is 0 Å². The van der Waals surface area contributed by atoms with Crippen LogP contribution in [-0.2, 0) is 0 Å². The SMILES string of the molecule is COc1cccc(C#N)c1N[C@H]1CCCC[C@@H]1O. The average Bonchev–Trinajstić information content (AvgIpc) is 2.41. The largest absolute Gasteiger partial charge is 0.495 e. The summed E-state index contributed by atoms with van der Waals surface area (Å²) in [7, 11) is 1.58. The van der Waals surface area contributed by atoms with Crippen LogP contribution in [0.3, 0.4) is 0 Å². The van der Waals surface area contributed by atoms with E-state index in [1.165, 1.54) is 0 Å². The van der Waals surface area contributed by atoms with E-state index in [0.717, 1.165) is 25.7 Å². The van der Waals surface area contributed by atoms with Crippen molar-refractivity contribution >= 4 is 5.69 Å². The molecule has 0 amide bonds. The van der Waals surface area contributed by atoms with E-state index >= 15 is 0 Å². The molecular formula is C14H18N2O2. The fraction of sp³-hybridized carbons (Fsp3) is 0.500. The van der Waals surface area contributed by atoms with Crippen LogP contribution in [0.15, 0.2) is 18.2 Å². The van der Waals surface area contributed by atoms with E-state index in [0.29, 0.717) is 17.0 Å². The molecule has 1 fully saturated rings. The van der Waals surface area contributed by atoms with Gasteiger partial charge in [-0.25, -0.2) is 0 Å². The Hall–Kier alpha value is -1.73. The molecule has 1 aromatic rings. The van der Waals surface area contributed by atoms with Crippen LogP contribution in [0.4, 0.5) is 5.69 Å². The molecule has 0 radical (unpaired) electrons. The molecule has 0 saturated heterocycles. The Bertz CT molecular complexity index is 454. The van der Waals surface area contributed by atoms with Gasteiger partial charge in [-0.05, 0) is 25.0 Å². The van der Waals surface area contributed by atoms with Gasteiger partial charge in [-0.3, -0.25) is 0 Å². The Morgan fingerprint density at radius 3 is 2.83 bits per heavy atom. The molecule has 2 N–H and O–H groups in total. The highest BCUT2D eigenvalue weighted by atomic mass is 16.5. The summed E-state index contributed by atoms with van der Waals surface area (Å²) in [4.78, 5) is 0. The van der Waals surface area contributed by atoms with Gasteiger partial charge in [-0.1, -0.05) is 18.9 Å². The predicted octanol–water partition coefficient (Wildman–Crippen LogP) is 2.28. The highest BCUT2D eigenvalue weighted by Crippen LogP contribution is 2.31. The summed E-state index contributed by atoms with van der Waals surface area (Å²) in [6.45, 7) is 0. The molecule has 96 valence electrons. The number of anilines is 1. The van der Waals surface area contributed by atoms with Crippen molar-refractivity contribution in [2.45, 2.75) is 37.8 Å². The highest BCUT2D eigenvalue weighted by Gasteiger charge is 2.24. The Labute approximate surface area is 107 Å². The Kier molecular flexibility index (Phi) is 4.06. The fourth-order valence-electron chi connectivity index (χ4n) is 2.41. The van der Waals surface area contributed by atoms with Crippen LogP contribution >= 0.6 is 0 Å². The summed E-state index contributed by atoms with van der Waals surface area (Å²) in [5.41, 5.74) is 1.24. The van der Waals surface area contributed by atoms with Crippen molar-refractivity contribution < 1.29 is 9.84 Å². The minimum atomic E-state index is -0.352. The summed E-state index contributed by atoms with van der Waals surface area (Å²) >= 11 is 0. The van der Waals surface area contributed by atoms with Crippen LogP contribution < -0.4 is 10.1 Å². The Morgan fingerprint density at radius 1 is 1.39 bits per heavy atom. The standard InChI is InChI=1S/C14H18N2O2/c1-18-13-8-4-5-10(9-15)14(13)16-11-6-2-3-7-12(11)17/h4-5,8,11-12,16-17H,2-3,6-7H2,1H3/t11-,12-/m0/s1. The molecule has 1 aromatic carbocycles. The molecule has 2 rings (SSSR count). The first kappa shape index (κ1) is 12.7. The maximum Gasteiger partial charge on any atom is 0.143 e. The normalized spacial score (nSPS) is 23.2. The van der Waals surface area contributed by atoms with Crippen LogP contribution in [-0.4, -0.2) is 24.4 Å². The zero-order chi connectivity index (χ0) is 13.0. The number of aliphatic hydroxyl groups is 1. The summed E-state index contributed by atoms with van der Waals surface area (Å²) in [5.74, 6) is 0.645. The third-order valence-electron chi connectivity index (χ3n) is 3.43. The van der Waals surface area contributed by atoms with Crippen molar-refractivity contribution in [3.05, 3.63) is 23.8 Å². The van der Waals surface area contributed by atoms with Crippen LogP contribution in [0, 0.1) is 11.3 Å². The van der Waals surface area contributed by atoms with Gasteiger partial charge in [-0.15, -0.1) is 0 Å². The monoisotopic (exact) mass is 246 g/mol. The molecular weight excluding hydrogens is 228 g/mol. The highest BCUT2D eigenvalue weighted by molar-refractivity contribution is 5.66. The smallest absolute Gasteiger partial charge is 0.143 e. The van der Waals surface area contributed by atoms with Gasteiger partial charge >= 0.3 is 0 Å². The van der Waals surface area contributed by atoms with Crippen molar-refractivity contribution in [2.75, 3.05) is 12.4 Å². The van der Waals surface area contributed by atoms with Gasteiger partial charge in [0.15, 0.2) is 0 Å². The number of benzene rings is 1. The lowest BCUT2D eigenvalue weighted by atomic mass is 9.92. The maximum absolute atomic E-state index is 9.97. The van der Waals surface area contributed by atoms with Gasteiger partial charge in [0.2, 0.25) is 0 Å². The van der Waals surface area contributed by atoms with Crippen molar-refractivity contribution in [3.63, 3.8) is 0 Å². The van der Waals surface area contributed by atoms with E-state index in [-0.39, 0.29) is 12.1 Å². The Morgan fingerprint density at radius 2 is 2.17 bits per heavy atom. The Balaban J connectivity index is 2.24. The molecule has 4 heteroatoms. The lowest BCUT2D eigenvalue weighted by Gasteiger charge is -2.30. The second kappa shape index (κ2) is 5.74. The zero-order valence-corrected chi connectivity index (χ0v) is 10.5. The minimum absolute atomic E-state index is 0.00199. The second-order valence-electron chi connectivity index (χ2n) is 4.60. The van der Waals surface area contributed by atoms with Crippen LogP contribution in [0.1, 0.15) is 31.2 Å². The summed E-state index contributed by atoms with van der Waals surface area (Å²) in [6, 6.07) is 7.51. The lowest BCUT2D eigenvalue weighted by molar-refractivity contribution is 0.116. The first-order chi connectivity index (χ1) is 8.76. The predicted molar refractivity (Wildman–Crippen MR) is 69.6 cm³/mol. The van der Waals surface area contributed by atoms with Gasteiger partial charge < -0.3 is 15.2 Å². The molecule has 0 bridgehead atoms. The molecule has 18 heavy (non-hydrogen) atoms. The molecule has 1 aliphatic rings. The van der Waals surface area contributed by atoms with Crippen molar-refractivity contribution in [1.82, 2.24) is 0 Å². The number of methoxy groups -OCH3 is 1. The lowest BCUT2D eigenvalue weighted by Crippen LogP contribution is -2.36.